The van der Waals surface area contributed by atoms with Crippen molar-refractivity contribution in [2.45, 2.75) is 39.7 Å². The van der Waals surface area contributed by atoms with Gasteiger partial charge in [0.2, 0.25) is 0 Å². The van der Waals surface area contributed by atoms with Crippen LogP contribution in [-0.2, 0) is 0 Å². The number of hydrogen-bond donors (Lipinski definition) is 2. The highest BCUT2D eigenvalue weighted by molar-refractivity contribution is 6.05. The smallest absolute Gasteiger partial charge is 0.255 e. The summed E-state index contributed by atoms with van der Waals surface area (Å²) in [5.41, 5.74) is 1.60. The van der Waals surface area contributed by atoms with E-state index in [0.717, 1.165) is 12.8 Å². The maximum absolute atomic E-state index is 12.5. The summed E-state index contributed by atoms with van der Waals surface area (Å²) in [6, 6.07) is 14.1. The normalized spacial score (nSPS) is 11.5. The summed E-state index contributed by atoms with van der Waals surface area (Å²) in [6.45, 7) is 6.61. The third-order valence-corrected chi connectivity index (χ3v) is 3.94. The molecule has 26 heavy (non-hydrogen) atoms. The van der Waals surface area contributed by atoms with Crippen molar-refractivity contribution in [2.75, 3.05) is 11.9 Å². The first kappa shape index (κ1) is 19.5. The molecule has 1 atom stereocenters. The van der Waals surface area contributed by atoms with Crippen LogP contribution in [0, 0.1) is 0 Å². The minimum Gasteiger partial charge on any atom is -0.494 e. The van der Waals surface area contributed by atoms with E-state index in [-0.39, 0.29) is 17.9 Å². The van der Waals surface area contributed by atoms with Crippen LogP contribution in [0.1, 0.15) is 54.3 Å². The molecule has 0 unspecified atom stereocenters. The standard InChI is InChI=1S/C21H26N2O3/c1-4-12-26-19-11-7-9-17(14-19)21(25)23-18-10-6-8-16(13-18)20(24)22-15(3)5-2/h6-11,13-15H,4-5,12H2,1-3H3,(H,22,24)(H,23,25)/t15-/m1/s1. The van der Waals surface area contributed by atoms with E-state index in [4.69, 9.17) is 4.74 Å². The molecule has 0 aromatic heterocycles. The Morgan fingerprint density at radius 3 is 2.38 bits per heavy atom. The van der Waals surface area contributed by atoms with Crippen molar-refractivity contribution in [1.82, 2.24) is 5.32 Å². The van der Waals surface area contributed by atoms with Crippen molar-refractivity contribution in [1.29, 1.82) is 0 Å². The van der Waals surface area contributed by atoms with Crippen LogP contribution < -0.4 is 15.4 Å². The Morgan fingerprint density at radius 1 is 1.00 bits per heavy atom. The van der Waals surface area contributed by atoms with Gasteiger partial charge in [-0.15, -0.1) is 0 Å². The van der Waals surface area contributed by atoms with Crippen LogP contribution in [0.3, 0.4) is 0 Å². The quantitative estimate of drug-likeness (QED) is 0.744. The topological polar surface area (TPSA) is 67.4 Å². The number of hydrogen-bond acceptors (Lipinski definition) is 3. The van der Waals surface area contributed by atoms with E-state index in [1.54, 1.807) is 42.5 Å². The van der Waals surface area contributed by atoms with Crippen molar-refractivity contribution < 1.29 is 14.3 Å². The van der Waals surface area contributed by atoms with Crippen molar-refractivity contribution in [3.05, 3.63) is 59.7 Å². The van der Waals surface area contributed by atoms with E-state index in [0.29, 0.717) is 29.2 Å². The van der Waals surface area contributed by atoms with E-state index < -0.39 is 0 Å². The maximum atomic E-state index is 12.5. The van der Waals surface area contributed by atoms with E-state index in [2.05, 4.69) is 10.6 Å². The van der Waals surface area contributed by atoms with Crippen molar-refractivity contribution >= 4 is 17.5 Å². The van der Waals surface area contributed by atoms with Crippen LogP contribution in [0.4, 0.5) is 5.69 Å². The minimum absolute atomic E-state index is 0.103. The molecule has 0 fully saturated rings. The highest BCUT2D eigenvalue weighted by Gasteiger charge is 2.11. The van der Waals surface area contributed by atoms with Gasteiger partial charge in [0.1, 0.15) is 5.75 Å². The molecule has 5 nitrogen and oxygen atoms in total. The zero-order valence-corrected chi connectivity index (χ0v) is 15.5. The molecule has 2 rings (SSSR count). The second-order valence-electron chi connectivity index (χ2n) is 6.19. The first-order chi connectivity index (χ1) is 12.5. The monoisotopic (exact) mass is 354 g/mol. The number of nitrogens with one attached hydrogen (secondary N) is 2. The summed E-state index contributed by atoms with van der Waals surface area (Å²) in [7, 11) is 0. The lowest BCUT2D eigenvalue weighted by Crippen LogP contribution is -2.31. The summed E-state index contributed by atoms with van der Waals surface area (Å²) >= 11 is 0. The Labute approximate surface area is 154 Å². The van der Waals surface area contributed by atoms with E-state index in [1.165, 1.54) is 0 Å². The molecule has 0 aliphatic rings. The van der Waals surface area contributed by atoms with Crippen LogP contribution in [0.2, 0.25) is 0 Å². The van der Waals surface area contributed by atoms with Crippen LogP contribution in [0.5, 0.6) is 5.75 Å². The number of carbonyl (C=O) groups is 2. The molecule has 0 radical (unpaired) electrons. The summed E-state index contributed by atoms with van der Waals surface area (Å²) in [5.74, 6) is 0.276. The number of benzene rings is 2. The van der Waals surface area contributed by atoms with Crippen LogP contribution >= 0.6 is 0 Å². The molecule has 0 saturated carbocycles. The first-order valence-electron chi connectivity index (χ1n) is 8.98. The fourth-order valence-corrected chi connectivity index (χ4v) is 2.30. The van der Waals surface area contributed by atoms with Gasteiger partial charge < -0.3 is 15.4 Å². The number of amides is 2. The average Bonchev–Trinajstić information content (AvgIpc) is 2.66. The zero-order valence-electron chi connectivity index (χ0n) is 15.5. The van der Waals surface area contributed by atoms with Crippen LogP contribution in [0.25, 0.3) is 0 Å². The molecular formula is C21H26N2O3. The van der Waals surface area contributed by atoms with E-state index in [9.17, 15) is 9.59 Å². The highest BCUT2D eigenvalue weighted by Crippen LogP contribution is 2.17. The fourth-order valence-electron chi connectivity index (χ4n) is 2.30. The maximum Gasteiger partial charge on any atom is 0.255 e. The van der Waals surface area contributed by atoms with Gasteiger partial charge in [0, 0.05) is 22.9 Å². The largest absolute Gasteiger partial charge is 0.494 e. The van der Waals surface area contributed by atoms with Gasteiger partial charge in [-0.1, -0.05) is 26.0 Å². The lowest BCUT2D eigenvalue weighted by molar-refractivity contribution is 0.0938. The number of ether oxygens (including phenoxy) is 1. The van der Waals surface area contributed by atoms with Gasteiger partial charge in [0.25, 0.3) is 11.8 Å². The number of carbonyl (C=O) groups excluding carboxylic acids is 2. The molecular weight excluding hydrogens is 328 g/mol. The predicted octanol–water partition coefficient (Wildman–Crippen LogP) is 4.26. The van der Waals surface area contributed by atoms with Gasteiger partial charge in [0.05, 0.1) is 6.61 Å². The van der Waals surface area contributed by atoms with Gasteiger partial charge in [-0.05, 0) is 56.2 Å². The summed E-state index contributed by atoms with van der Waals surface area (Å²) in [4.78, 5) is 24.7. The third-order valence-electron chi connectivity index (χ3n) is 3.94. The molecule has 2 N–H and O–H groups in total. The van der Waals surface area contributed by atoms with Gasteiger partial charge in [-0.3, -0.25) is 9.59 Å². The summed E-state index contributed by atoms with van der Waals surface area (Å²) in [5, 5.41) is 5.75. The predicted molar refractivity (Wildman–Crippen MR) is 104 cm³/mol. The van der Waals surface area contributed by atoms with Gasteiger partial charge in [-0.2, -0.15) is 0 Å². The molecule has 138 valence electrons. The number of rotatable bonds is 8. The van der Waals surface area contributed by atoms with Crippen LogP contribution in [0.15, 0.2) is 48.5 Å². The summed E-state index contributed by atoms with van der Waals surface area (Å²) in [6.07, 6.45) is 1.76. The minimum atomic E-state index is -0.244. The second kappa shape index (κ2) is 9.61. The third kappa shape index (κ3) is 5.62. The Morgan fingerprint density at radius 2 is 1.69 bits per heavy atom. The summed E-state index contributed by atoms with van der Waals surface area (Å²) < 4.78 is 5.56. The number of anilines is 1. The molecule has 2 aromatic rings. The van der Waals surface area contributed by atoms with Gasteiger partial charge >= 0.3 is 0 Å². The molecule has 5 heteroatoms. The Hall–Kier alpha value is -2.82. The molecule has 0 heterocycles. The lowest BCUT2D eigenvalue weighted by atomic mass is 10.1. The van der Waals surface area contributed by atoms with Crippen LogP contribution in [-0.4, -0.2) is 24.5 Å². The molecule has 0 bridgehead atoms. The Balaban J connectivity index is 2.07. The molecule has 2 aromatic carbocycles. The SMILES string of the molecule is CCCOc1cccc(C(=O)Nc2cccc(C(=O)N[C@H](C)CC)c2)c1. The molecule has 0 aliphatic carbocycles. The lowest BCUT2D eigenvalue weighted by Gasteiger charge is -2.12. The van der Waals surface area contributed by atoms with Gasteiger partial charge in [0.15, 0.2) is 0 Å². The zero-order chi connectivity index (χ0) is 18.9. The first-order valence-corrected chi connectivity index (χ1v) is 8.98. The van der Waals surface area contributed by atoms with E-state index in [1.807, 2.05) is 26.8 Å². The van der Waals surface area contributed by atoms with Gasteiger partial charge in [-0.25, -0.2) is 0 Å². The molecule has 0 saturated heterocycles. The Bertz CT molecular complexity index is 758. The Kier molecular flexibility index (Phi) is 7.21. The fraction of sp³-hybridized carbons (Fsp3) is 0.333. The highest BCUT2D eigenvalue weighted by atomic mass is 16.5. The second-order valence-corrected chi connectivity index (χ2v) is 6.19. The molecule has 0 aliphatic heterocycles. The average molecular weight is 354 g/mol. The molecule has 2 amide bonds. The molecule has 0 spiro atoms. The van der Waals surface area contributed by atoms with Crippen molar-refractivity contribution in [3.63, 3.8) is 0 Å². The van der Waals surface area contributed by atoms with Crippen molar-refractivity contribution in [2.24, 2.45) is 0 Å². The van der Waals surface area contributed by atoms with Crippen molar-refractivity contribution in [3.8, 4) is 5.75 Å². The van der Waals surface area contributed by atoms with E-state index >= 15 is 0 Å².